The van der Waals surface area contributed by atoms with Crippen LogP contribution < -0.4 is 5.32 Å². The molecule has 2 nitrogen and oxygen atoms in total. The molecular formula is C11H12FNO. The molecule has 0 aliphatic carbocycles. The molecule has 2 rings (SSSR count). The molecule has 1 amide bonds. The summed E-state index contributed by atoms with van der Waals surface area (Å²) >= 11 is 0. The van der Waals surface area contributed by atoms with Crippen molar-refractivity contribution < 1.29 is 9.18 Å². The van der Waals surface area contributed by atoms with Crippen molar-refractivity contribution in [1.82, 2.24) is 0 Å². The number of carbonyl (C=O) groups excluding carboxylic acids is 1. The maximum atomic E-state index is 13.4. The first-order valence-electron chi connectivity index (χ1n) is 4.76. The molecule has 74 valence electrons. The van der Waals surface area contributed by atoms with Crippen LogP contribution in [0.25, 0.3) is 0 Å². The highest BCUT2D eigenvalue weighted by Crippen LogP contribution is 2.27. The highest BCUT2D eigenvalue weighted by Gasteiger charge is 2.17. The normalized spacial score (nSPS) is 15.7. The quantitative estimate of drug-likeness (QED) is 0.673. The summed E-state index contributed by atoms with van der Waals surface area (Å²) in [6.45, 7) is 1.94. The molecule has 1 aromatic carbocycles. The van der Waals surface area contributed by atoms with Crippen molar-refractivity contribution in [3.05, 3.63) is 29.1 Å². The van der Waals surface area contributed by atoms with Crippen molar-refractivity contribution in [3.8, 4) is 0 Å². The number of nitrogens with one attached hydrogen (secondary N) is 1. The topological polar surface area (TPSA) is 29.1 Å². The predicted octanol–water partition coefficient (Wildman–Crippen LogP) is 2.41. The Balaban J connectivity index is 2.54. The molecule has 3 heteroatoms. The van der Waals surface area contributed by atoms with Gasteiger partial charge in [-0.15, -0.1) is 0 Å². The maximum absolute atomic E-state index is 13.4. The number of anilines is 1. The SMILES string of the molecule is Cc1ccc(F)c2c1CCCC(=O)N2. The molecule has 0 bridgehead atoms. The molecule has 0 radical (unpaired) electrons. The largest absolute Gasteiger partial charge is 0.323 e. The van der Waals surface area contributed by atoms with Gasteiger partial charge in [-0.2, -0.15) is 0 Å². The Bertz CT molecular complexity index is 387. The Morgan fingerprint density at radius 3 is 2.93 bits per heavy atom. The van der Waals surface area contributed by atoms with Gasteiger partial charge >= 0.3 is 0 Å². The lowest BCUT2D eigenvalue weighted by molar-refractivity contribution is -0.116. The first kappa shape index (κ1) is 9.19. The molecule has 0 saturated carbocycles. The van der Waals surface area contributed by atoms with Crippen molar-refractivity contribution in [2.24, 2.45) is 0 Å². The lowest BCUT2D eigenvalue weighted by Crippen LogP contribution is -2.10. The number of fused-ring (bicyclic) bond motifs is 1. The first-order chi connectivity index (χ1) is 6.68. The van der Waals surface area contributed by atoms with Crippen molar-refractivity contribution in [2.45, 2.75) is 26.2 Å². The van der Waals surface area contributed by atoms with Crippen LogP contribution in [0.15, 0.2) is 12.1 Å². The van der Waals surface area contributed by atoms with Crippen LogP contribution in [0.5, 0.6) is 0 Å². The van der Waals surface area contributed by atoms with E-state index < -0.39 is 0 Å². The van der Waals surface area contributed by atoms with E-state index in [-0.39, 0.29) is 11.7 Å². The van der Waals surface area contributed by atoms with Gasteiger partial charge < -0.3 is 5.32 Å². The summed E-state index contributed by atoms with van der Waals surface area (Å²) in [4.78, 5) is 11.2. The lowest BCUT2D eigenvalue weighted by Gasteiger charge is -2.10. The van der Waals surface area contributed by atoms with Gasteiger partial charge in [-0.3, -0.25) is 4.79 Å². The average molecular weight is 193 g/mol. The minimum atomic E-state index is -0.333. The third kappa shape index (κ3) is 1.50. The number of carbonyl (C=O) groups is 1. The van der Waals surface area contributed by atoms with Crippen LogP contribution in [-0.4, -0.2) is 5.91 Å². The van der Waals surface area contributed by atoms with Gasteiger partial charge in [0.15, 0.2) is 0 Å². The fraction of sp³-hybridized carbons (Fsp3) is 0.364. The highest BCUT2D eigenvalue weighted by molar-refractivity contribution is 5.92. The van der Waals surface area contributed by atoms with Gasteiger partial charge in [-0.05, 0) is 37.0 Å². The molecule has 1 aliphatic heterocycles. The van der Waals surface area contributed by atoms with E-state index in [2.05, 4.69) is 5.32 Å². The van der Waals surface area contributed by atoms with Crippen LogP contribution in [0.3, 0.4) is 0 Å². The molecule has 0 fully saturated rings. The number of aryl methyl sites for hydroxylation is 1. The lowest BCUT2D eigenvalue weighted by atomic mass is 10.0. The molecule has 0 aromatic heterocycles. The van der Waals surface area contributed by atoms with Crippen molar-refractivity contribution in [3.63, 3.8) is 0 Å². The highest BCUT2D eigenvalue weighted by atomic mass is 19.1. The second-order valence-electron chi connectivity index (χ2n) is 3.62. The van der Waals surface area contributed by atoms with E-state index in [1.54, 1.807) is 6.07 Å². The summed E-state index contributed by atoms with van der Waals surface area (Å²) in [7, 11) is 0. The number of hydrogen-bond acceptors (Lipinski definition) is 1. The summed E-state index contributed by atoms with van der Waals surface area (Å²) in [5.74, 6) is -0.422. The number of halogens is 1. The molecular weight excluding hydrogens is 181 g/mol. The third-order valence-corrected chi connectivity index (χ3v) is 2.59. The van der Waals surface area contributed by atoms with Crippen LogP contribution >= 0.6 is 0 Å². The minimum Gasteiger partial charge on any atom is -0.323 e. The van der Waals surface area contributed by atoms with Gasteiger partial charge in [0.1, 0.15) is 5.82 Å². The molecule has 1 N–H and O–H groups in total. The van der Waals surface area contributed by atoms with Gasteiger partial charge in [-0.25, -0.2) is 4.39 Å². The van der Waals surface area contributed by atoms with Crippen molar-refractivity contribution in [1.29, 1.82) is 0 Å². The summed E-state index contributed by atoms with van der Waals surface area (Å²) in [6.07, 6.45) is 2.05. The summed E-state index contributed by atoms with van der Waals surface area (Å²) in [5.41, 5.74) is 2.37. The molecule has 1 aromatic rings. The zero-order valence-electron chi connectivity index (χ0n) is 8.06. The number of rotatable bonds is 0. The monoisotopic (exact) mass is 193 g/mol. The fourth-order valence-electron chi connectivity index (χ4n) is 1.81. The van der Waals surface area contributed by atoms with E-state index in [0.29, 0.717) is 12.1 Å². The smallest absolute Gasteiger partial charge is 0.224 e. The van der Waals surface area contributed by atoms with Gasteiger partial charge in [-0.1, -0.05) is 6.07 Å². The fourth-order valence-corrected chi connectivity index (χ4v) is 1.81. The standard InChI is InChI=1S/C11H12FNO/c1-7-5-6-9(12)11-8(7)3-2-4-10(14)13-11/h5-6H,2-4H2,1H3,(H,13,14). The van der Waals surface area contributed by atoms with Gasteiger partial charge in [0, 0.05) is 6.42 Å². The Kier molecular flexibility index (Phi) is 2.23. The van der Waals surface area contributed by atoms with Crippen LogP contribution in [-0.2, 0) is 11.2 Å². The predicted molar refractivity (Wildman–Crippen MR) is 52.7 cm³/mol. The van der Waals surface area contributed by atoms with E-state index in [0.717, 1.165) is 24.0 Å². The third-order valence-electron chi connectivity index (χ3n) is 2.59. The maximum Gasteiger partial charge on any atom is 0.224 e. The van der Waals surface area contributed by atoms with Gasteiger partial charge in [0.2, 0.25) is 5.91 Å². The molecule has 0 saturated heterocycles. The van der Waals surface area contributed by atoms with E-state index >= 15 is 0 Å². The molecule has 14 heavy (non-hydrogen) atoms. The average Bonchev–Trinajstić information content (AvgIpc) is 2.34. The van der Waals surface area contributed by atoms with E-state index in [9.17, 15) is 9.18 Å². The number of benzene rings is 1. The van der Waals surface area contributed by atoms with E-state index in [1.165, 1.54) is 6.07 Å². The zero-order chi connectivity index (χ0) is 10.1. The Labute approximate surface area is 82.1 Å². The minimum absolute atomic E-state index is 0.0896. The van der Waals surface area contributed by atoms with E-state index in [4.69, 9.17) is 0 Å². The van der Waals surface area contributed by atoms with Gasteiger partial charge in [0.25, 0.3) is 0 Å². The summed E-state index contributed by atoms with van der Waals surface area (Å²) in [6, 6.07) is 3.16. The van der Waals surface area contributed by atoms with Crippen LogP contribution in [0.2, 0.25) is 0 Å². The Morgan fingerprint density at radius 2 is 2.14 bits per heavy atom. The zero-order valence-corrected chi connectivity index (χ0v) is 8.06. The molecule has 0 atom stereocenters. The molecule has 0 unspecified atom stereocenters. The Morgan fingerprint density at radius 1 is 1.36 bits per heavy atom. The molecule has 1 heterocycles. The summed E-state index contributed by atoms with van der Waals surface area (Å²) in [5, 5.41) is 2.62. The van der Waals surface area contributed by atoms with Gasteiger partial charge in [0.05, 0.1) is 5.69 Å². The van der Waals surface area contributed by atoms with Crippen molar-refractivity contribution >= 4 is 11.6 Å². The van der Waals surface area contributed by atoms with Crippen LogP contribution in [0.1, 0.15) is 24.0 Å². The number of amides is 1. The van der Waals surface area contributed by atoms with Crippen molar-refractivity contribution in [2.75, 3.05) is 5.32 Å². The Hall–Kier alpha value is -1.38. The second-order valence-corrected chi connectivity index (χ2v) is 3.62. The molecule has 0 spiro atoms. The van der Waals surface area contributed by atoms with Crippen LogP contribution in [0, 0.1) is 12.7 Å². The number of hydrogen-bond donors (Lipinski definition) is 1. The molecule has 1 aliphatic rings. The second kappa shape index (κ2) is 3.40. The first-order valence-corrected chi connectivity index (χ1v) is 4.76. The van der Waals surface area contributed by atoms with Crippen LogP contribution in [0.4, 0.5) is 10.1 Å². The van der Waals surface area contributed by atoms with E-state index in [1.807, 2.05) is 6.92 Å². The summed E-state index contributed by atoms with van der Waals surface area (Å²) < 4.78 is 13.4.